The minimum absolute atomic E-state index is 0.0919. The molecule has 0 unspecified atom stereocenters. The Kier molecular flexibility index (Phi) is 4.61. The lowest BCUT2D eigenvalue weighted by molar-refractivity contribution is 0.206. The number of carbonyl (C=O) groups excluding carboxylic acids is 1. The fourth-order valence-electron chi connectivity index (χ4n) is 2.59. The van der Waals surface area contributed by atoms with Crippen molar-refractivity contribution in [2.45, 2.75) is 38.3 Å². The number of amides is 2. The second-order valence-corrected chi connectivity index (χ2v) is 7.08. The lowest BCUT2D eigenvalue weighted by atomic mass is 10.1. The van der Waals surface area contributed by atoms with Gasteiger partial charge in [-0.1, -0.05) is 19.1 Å². The summed E-state index contributed by atoms with van der Waals surface area (Å²) in [5.41, 5.74) is 0.950. The number of aromatic nitrogens is 1. The van der Waals surface area contributed by atoms with Gasteiger partial charge in [-0.05, 0) is 30.5 Å². The van der Waals surface area contributed by atoms with Crippen LogP contribution in [0.5, 0.6) is 0 Å². The molecule has 4 nitrogen and oxygen atoms in total. The van der Waals surface area contributed by atoms with Gasteiger partial charge in [-0.2, -0.15) is 0 Å². The van der Waals surface area contributed by atoms with Gasteiger partial charge in [0.25, 0.3) is 0 Å². The van der Waals surface area contributed by atoms with Gasteiger partial charge in [0.1, 0.15) is 10.8 Å². The van der Waals surface area contributed by atoms with Crippen LogP contribution in [0.2, 0.25) is 0 Å². The number of hydrogen-bond acceptors (Lipinski definition) is 3. The van der Waals surface area contributed by atoms with Crippen LogP contribution in [0.4, 0.5) is 9.18 Å². The first-order valence-corrected chi connectivity index (χ1v) is 8.59. The van der Waals surface area contributed by atoms with Crippen molar-refractivity contribution in [1.82, 2.24) is 15.2 Å². The van der Waals surface area contributed by atoms with Crippen molar-refractivity contribution in [3.05, 3.63) is 51.7 Å². The van der Waals surface area contributed by atoms with E-state index in [4.69, 9.17) is 0 Å². The van der Waals surface area contributed by atoms with Crippen LogP contribution in [0.25, 0.3) is 0 Å². The van der Waals surface area contributed by atoms with Crippen LogP contribution in [-0.4, -0.2) is 29.0 Å². The van der Waals surface area contributed by atoms with E-state index in [1.807, 2.05) is 12.3 Å². The van der Waals surface area contributed by atoms with E-state index in [1.54, 1.807) is 35.4 Å². The molecule has 1 heterocycles. The van der Waals surface area contributed by atoms with Crippen molar-refractivity contribution in [2.75, 3.05) is 7.05 Å². The summed E-state index contributed by atoms with van der Waals surface area (Å²) in [5.74, 6) is -0.0123. The molecule has 1 aromatic carbocycles. The number of aryl methyl sites for hydroxylation is 1. The zero-order valence-electron chi connectivity index (χ0n) is 13.3. The smallest absolute Gasteiger partial charge is 0.317 e. The summed E-state index contributed by atoms with van der Waals surface area (Å²) in [6.45, 7) is 2.60. The summed E-state index contributed by atoms with van der Waals surface area (Å²) < 4.78 is 13.2. The standard InChI is InChI=1S/C17H20FN3OS/c1-3-13-9-19-16(23-13)10-21(2)17(22)20-15-8-14(15)11-5-4-6-12(18)7-11/h4-7,9,14-15H,3,8,10H2,1-2H3,(H,20,22)/t14-,15-/m1/s1. The van der Waals surface area contributed by atoms with E-state index in [9.17, 15) is 9.18 Å². The van der Waals surface area contributed by atoms with Gasteiger partial charge < -0.3 is 10.2 Å². The molecule has 1 aliphatic carbocycles. The molecular weight excluding hydrogens is 313 g/mol. The molecule has 1 fully saturated rings. The molecule has 1 aromatic heterocycles. The van der Waals surface area contributed by atoms with Gasteiger partial charge in [0, 0.05) is 30.1 Å². The van der Waals surface area contributed by atoms with Gasteiger partial charge in [-0.3, -0.25) is 0 Å². The largest absolute Gasteiger partial charge is 0.335 e. The Bertz CT molecular complexity index is 703. The number of rotatable bonds is 5. The van der Waals surface area contributed by atoms with Crippen molar-refractivity contribution in [1.29, 1.82) is 0 Å². The quantitative estimate of drug-likeness (QED) is 0.909. The maximum atomic E-state index is 13.2. The average Bonchev–Trinajstić information content (AvgIpc) is 3.15. The van der Waals surface area contributed by atoms with E-state index < -0.39 is 0 Å². The number of carbonyl (C=O) groups is 1. The molecule has 2 aromatic rings. The summed E-state index contributed by atoms with van der Waals surface area (Å²) in [5, 5.41) is 3.95. The van der Waals surface area contributed by atoms with Gasteiger partial charge in [-0.15, -0.1) is 11.3 Å². The highest BCUT2D eigenvalue weighted by Crippen LogP contribution is 2.40. The van der Waals surface area contributed by atoms with E-state index >= 15 is 0 Å². The van der Waals surface area contributed by atoms with Crippen LogP contribution >= 0.6 is 11.3 Å². The van der Waals surface area contributed by atoms with Crippen LogP contribution in [0.3, 0.4) is 0 Å². The van der Waals surface area contributed by atoms with Crippen LogP contribution in [0.1, 0.15) is 34.7 Å². The molecule has 0 radical (unpaired) electrons. The highest BCUT2D eigenvalue weighted by Gasteiger charge is 2.40. The fraction of sp³-hybridized carbons (Fsp3) is 0.412. The molecule has 0 aliphatic heterocycles. The molecule has 122 valence electrons. The normalized spacial score (nSPS) is 19.4. The Hall–Kier alpha value is -1.95. The minimum atomic E-state index is -0.230. The van der Waals surface area contributed by atoms with E-state index in [0.29, 0.717) is 6.54 Å². The second-order valence-electron chi connectivity index (χ2n) is 5.88. The minimum Gasteiger partial charge on any atom is -0.335 e. The third-order valence-electron chi connectivity index (χ3n) is 4.05. The maximum absolute atomic E-state index is 13.2. The summed E-state index contributed by atoms with van der Waals surface area (Å²) in [4.78, 5) is 19.4. The molecule has 3 rings (SSSR count). The molecular formula is C17H20FN3OS. The van der Waals surface area contributed by atoms with E-state index in [2.05, 4.69) is 17.2 Å². The van der Waals surface area contributed by atoms with E-state index in [0.717, 1.165) is 23.4 Å². The van der Waals surface area contributed by atoms with Gasteiger partial charge in [-0.25, -0.2) is 14.2 Å². The summed E-state index contributed by atoms with van der Waals surface area (Å²) in [7, 11) is 1.77. The Morgan fingerprint density at radius 3 is 3.04 bits per heavy atom. The number of nitrogens with zero attached hydrogens (tertiary/aromatic N) is 2. The average molecular weight is 333 g/mol. The molecule has 1 N–H and O–H groups in total. The van der Waals surface area contributed by atoms with E-state index in [-0.39, 0.29) is 23.8 Å². The first-order chi connectivity index (χ1) is 11.1. The maximum Gasteiger partial charge on any atom is 0.317 e. The fourth-order valence-corrected chi connectivity index (χ4v) is 3.50. The zero-order chi connectivity index (χ0) is 16.4. The SMILES string of the molecule is CCc1cnc(CN(C)C(=O)N[C@@H]2C[C@@H]2c2cccc(F)c2)s1. The molecule has 0 spiro atoms. The lowest BCUT2D eigenvalue weighted by Crippen LogP contribution is -2.38. The second kappa shape index (κ2) is 6.66. The highest BCUT2D eigenvalue weighted by molar-refractivity contribution is 7.11. The van der Waals surface area contributed by atoms with Crippen molar-refractivity contribution in [2.24, 2.45) is 0 Å². The van der Waals surface area contributed by atoms with Crippen molar-refractivity contribution in [3.8, 4) is 0 Å². The lowest BCUT2D eigenvalue weighted by Gasteiger charge is -2.16. The summed E-state index contributed by atoms with van der Waals surface area (Å²) >= 11 is 1.64. The number of urea groups is 1. The zero-order valence-corrected chi connectivity index (χ0v) is 14.1. The van der Waals surface area contributed by atoms with Crippen LogP contribution < -0.4 is 5.32 Å². The van der Waals surface area contributed by atoms with Crippen molar-refractivity contribution in [3.63, 3.8) is 0 Å². The Morgan fingerprint density at radius 1 is 1.52 bits per heavy atom. The summed E-state index contributed by atoms with van der Waals surface area (Å²) in [6, 6.07) is 6.58. The topological polar surface area (TPSA) is 45.2 Å². The predicted octanol–water partition coefficient (Wildman–Crippen LogP) is 3.54. The van der Waals surface area contributed by atoms with Crippen LogP contribution in [-0.2, 0) is 13.0 Å². The van der Waals surface area contributed by atoms with Gasteiger partial charge in [0.05, 0.1) is 6.54 Å². The van der Waals surface area contributed by atoms with Gasteiger partial charge in [0.2, 0.25) is 0 Å². The number of benzene rings is 1. The van der Waals surface area contributed by atoms with Gasteiger partial charge in [0.15, 0.2) is 0 Å². The molecule has 0 bridgehead atoms. The first-order valence-electron chi connectivity index (χ1n) is 7.77. The number of nitrogens with one attached hydrogen (secondary N) is 1. The number of thiazole rings is 1. The molecule has 2 atom stereocenters. The van der Waals surface area contributed by atoms with E-state index in [1.165, 1.54) is 10.9 Å². The molecule has 0 saturated heterocycles. The Morgan fingerprint density at radius 2 is 2.35 bits per heavy atom. The number of hydrogen-bond donors (Lipinski definition) is 1. The van der Waals surface area contributed by atoms with Crippen LogP contribution in [0, 0.1) is 5.82 Å². The highest BCUT2D eigenvalue weighted by atomic mass is 32.1. The van der Waals surface area contributed by atoms with Gasteiger partial charge >= 0.3 is 6.03 Å². The Labute approximate surface area is 139 Å². The molecule has 23 heavy (non-hydrogen) atoms. The molecule has 1 aliphatic rings. The third kappa shape index (κ3) is 3.88. The Balaban J connectivity index is 1.51. The molecule has 6 heteroatoms. The molecule has 2 amide bonds. The van der Waals surface area contributed by atoms with Crippen LogP contribution in [0.15, 0.2) is 30.5 Å². The monoisotopic (exact) mass is 333 g/mol. The molecule has 1 saturated carbocycles. The van der Waals surface area contributed by atoms with Crippen molar-refractivity contribution < 1.29 is 9.18 Å². The first kappa shape index (κ1) is 15.9. The third-order valence-corrected chi connectivity index (χ3v) is 5.17. The summed E-state index contributed by atoms with van der Waals surface area (Å²) in [6.07, 6.45) is 3.69. The van der Waals surface area contributed by atoms with Crippen molar-refractivity contribution >= 4 is 17.4 Å². The number of halogens is 1. The predicted molar refractivity (Wildman–Crippen MR) is 89.0 cm³/mol.